The quantitative estimate of drug-likeness (QED) is 0.750. The van der Waals surface area contributed by atoms with Gasteiger partial charge in [-0.1, -0.05) is 0 Å². The van der Waals surface area contributed by atoms with Crippen molar-refractivity contribution in [3.63, 3.8) is 0 Å². The number of thiazole rings is 1. The molecule has 2 unspecified atom stereocenters. The third-order valence-corrected chi connectivity index (χ3v) is 3.45. The van der Waals surface area contributed by atoms with Crippen LogP contribution in [0.5, 0.6) is 0 Å². The summed E-state index contributed by atoms with van der Waals surface area (Å²) in [5, 5.41) is 8.67. The van der Waals surface area contributed by atoms with Crippen LogP contribution < -0.4 is 0 Å². The van der Waals surface area contributed by atoms with Crippen LogP contribution in [-0.4, -0.2) is 10.6 Å². The van der Waals surface area contributed by atoms with Gasteiger partial charge in [-0.3, -0.25) is 4.98 Å². The molecule has 74 valence electrons. The fourth-order valence-electron chi connectivity index (χ4n) is 1.78. The third kappa shape index (κ3) is 1.79. The van der Waals surface area contributed by atoms with Crippen LogP contribution in [0.15, 0.2) is 11.7 Å². The SMILES string of the molecule is CC1(CC#N)CCC(c2cncs2)O1. The zero-order valence-corrected chi connectivity index (χ0v) is 8.88. The van der Waals surface area contributed by atoms with E-state index in [0.29, 0.717) is 6.42 Å². The Bertz CT molecular complexity index is 344. The molecule has 14 heavy (non-hydrogen) atoms. The molecule has 0 saturated carbocycles. The van der Waals surface area contributed by atoms with Crippen molar-refractivity contribution in [1.82, 2.24) is 4.98 Å². The van der Waals surface area contributed by atoms with Gasteiger partial charge in [-0.15, -0.1) is 11.3 Å². The van der Waals surface area contributed by atoms with E-state index in [9.17, 15) is 0 Å². The van der Waals surface area contributed by atoms with Crippen LogP contribution in [0.1, 0.15) is 37.2 Å². The zero-order valence-electron chi connectivity index (χ0n) is 8.06. The highest BCUT2D eigenvalue weighted by Crippen LogP contribution is 2.41. The van der Waals surface area contributed by atoms with E-state index >= 15 is 0 Å². The van der Waals surface area contributed by atoms with Crippen molar-refractivity contribution in [2.45, 2.75) is 37.9 Å². The molecule has 0 bridgehead atoms. The van der Waals surface area contributed by atoms with E-state index < -0.39 is 0 Å². The number of aromatic nitrogens is 1. The van der Waals surface area contributed by atoms with E-state index in [1.165, 1.54) is 4.88 Å². The second kappa shape index (κ2) is 3.68. The number of rotatable bonds is 2. The summed E-state index contributed by atoms with van der Waals surface area (Å²) in [5.41, 5.74) is 1.57. The Morgan fingerprint density at radius 2 is 2.71 bits per heavy atom. The van der Waals surface area contributed by atoms with Gasteiger partial charge in [0.25, 0.3) is 0 Å². The molecule has 0 amide bonds. The summed E-state index contributed by atoms with van der Waals surface area (Å²) in [6.45, 7) is 2.01. The maximum absolute atomic E-state index is 8.67. The van der Waals surface area contributed by atoms with Gasteiger partial charge < -0.3 is 4.74 Å². The molecule has 0 spiro atoms. The lowest BCUT2D eigenvalue weighted by Gasteiger charge is -2.20. The van der Waals surface area contributed by atoms with E-state index in [1.54, 1.807) is 11.3 Å². The summed E-state index contributed by atoms with van der Waals surface area (Å²) in [6.07, 6.45) is 4.44. The molecule has 0 aromatic carbocycles. The highest BCUT2D eigenvalue weighted by molar-refractivity contribution is 7.09. The number of nitriles is 1. The smallest absolute Gasteiger partial charge is 0.0941 e. The Morgan fingerprint density at radius 3 is 3.36 bits per heavy atom. The first kappa shape index (κ1) is 9.63. The van der Waals surface area contributed by atoms with Crippen LogP contribution >= 0.6 is 11.3 Å². The first-order chi connectivity index (χ1) is 6.73. The van der Waals surface area contributed by atoms with Gasteiger partial charge in [0, 0.05) is 6.20 Å². The summed E-state index contributed by atoms with van der Waals surface area (Å²) < 4.78 is 5.88. The van der Waals surface area contributed by atoms with Crippen molar-refractivity contribution in [2.75, 3.05) is 0 Å². The summed E-state index contributed by atoms with van der Waals surface area (Å²) >= 11 is 1.62. The third-order valence-electron chi connectivity index (χ3n) is 2.58. The molecule has 1 aromatic rings. The predicted molar refractivity (Wildman–Crippen MR) is 53.8 cm³/mol. The summed E-state index contributed by atoms with van der Waals surface area (Å²) in [6, 6.07) is 2.18. The van der Waals surface area contributed by atoms with Gasteiger partial charge in [0.15, 0.2) is 0 Å². The van der Waals surface area contributed by atoms with Crippen LogP contribution in [0.3, 0.4) is 0 Å². The number of hydrogen-bond acceptors (Lipinski definition) is 4. The van der Waals surface area contributed by atoms with Gasteiger partial charge in [0.2, 0.25) is 0 Å². The normalized spacial score (nSPS) is 31.6. The standard InChI is InChI=1S/C10H12N2OS/c1-10(4-5-11)3-2-8(13-10)9-6-12-7-14-9/h6-8H,2-4H2,1H3. The van der Waals surface area contributed by atoms with E-state index in [-0.39, 0.29) is 11.7 Å². The molecule has 1 aromatic heterocycles. The Labute approximate surface area is 87.3 Å². The van der Waals surface area contributed by atoms with Crippen LogP contribution in [0.4, 0.5) is 0 Å². The van der Waals surface area contributed by atoms with Gasteiger partial charge in [-0.2, -0.15) is 5.26 Å². The average molecular weight is 208 g/mol. The van der Waals surface area contributed by atoms with Crippen LogP contribution in [0.25, 0.3) is 0 Å². The van der Waals surface area contributed by atoms with Crippen LogP contribution in [0, 0.1) is 11.3 Å². The van der Waals surface area contributed by atoms with Crippen molar-refractivity contribution in [1.29, 1.82) is 5.26 Å². The molecular formula is C10H12N2OS. The molecule has 1 aliphatic heterocycles. The molecule has 0 aliphatic carbocycles. The number of ether oxygens (including phenoxy) is 1. The monoisotopic (exact) mass is 208 g/mol. The van der Waals surface area contributed by atoms with Crippen molar-refractivity contribution >= 4 is 11.3 Å². The molecule has 2 rings (SSSR count). The molecule has 0 N–H and O–H groups in total. The highest BCUT2D eigenvalue weighted by atomic mass is 32.1. The van der Waals surface area contributed by atoms with Gasteiger partial charge in [0.1, 0.15) is 0 Å². The predicted octanol–water partition coefficient (Wildman–Crippen LogP) is 2.67. The van der Waals surface area contributed by atoms with Crippen molar-refractivity contribution < 1.29 is 4.74 Å². The average Bonchev–Trinajstić information content (AvgIpc) is 2.73. The lowest BCUT2D eigenvalue weighted by atomic mass is 9.99. The molecular weight excluding hydrogens is 196 g/mol. The minimum Gasteiger partial charge on any atom is -0.365 e. The molecule has 2 heterocycles. The minimum atomic E-state index is -0.247. The fraction of sp³-hybridized carbons (Fsp3) is 0.600. The lowest BCUT2D eigenvalue weighted by Crippen LogP contribution is -2.22. The Morgan fingerprint density at radius 1 is 1.86 bits per heavy atom. The van der Waals surface area contributed by atoms with Crippen molar-refractivity contribution in [3.8, 4) is 6.07 Å². The van der Waals surface area contributed by atoms with Gasteiger partial charge >= 0.3 is 0 Å². The molecule has 1 aliphatic rings. The van der Waals surface area contributed by atoms with Crippen LogP contribution in [-0.2, 0) is 4.74 Å². The molecule has 1 fully saturated rings. The Hall–Kier alpha value is -0.920. The second-order valence-electron chi connectivity index (χ2n) is 3.83. The van der Waals surface area contributed by atoms with E-state index in [4.69, 9.17) is 10.00 Å². The summed E-state index contributed by atoms with van der Waals surface area (Å²) in [7, 11) is 0. The maximum atomic E-state index is 8.67. The molecule has 1 saturated heterocycles. The molecule has 0 radical (unpaired) electrons. The van der Waals surface area contributed by atoms with E-state index in [2.05, 4.69) is 11.1 Å². The van der Waals surface area contributed by atoms with Gasteiger partial charge in [-0.25, -0.2) is 0 Å². The summed E-state index contributed by atoms with van der Waals surface area (Å²) in [5.74, 6) is 0. The molecule has 2 atom stereocenters. The maximum Gasteiger partial charge on any atom is 0.0941 e. The Balaban J connectivity index is 2.05. The molecule has 3 nitrogen and oxygen atoms in total. The topological polar surface area (TPSA) is 45.9 Å². The first-order valence-corrected chi connectivity index (χ1v) is 5.55. The minimum absolute atomic E-state index is 0.154. The van der Waals surface area contributed by atoms with Crippen LogP contribution in [0.2, 0.25) is 0 Å². The largest absolute Gasteiger partial charge is 0.365 e. The molecule has 4 heteroatoms. The van der Waals surface area contributed by atoms with E-state index in [1.807, 2.05) is 18.6 Å². The Kier molecular flexibility index (Phi) is 2.53. The lowest BCUT2D eigenvalue weighted by molar-refractivity contribution is -0.0248. The van der Waals surface area contributed by atoms with Crippen molar-refractivity contribution in [3.05, 3.63) is 16.6 Å². The van der Waals surface area contributed by atoms with Gasteiger partial charge in [0.05, 0.1) is 34.6 Å². The highest BCUT2D eigenvalue weighted by Gasteiger charge is 2.36. The second-order valence-corrected chi connectivity index (χ2v) is 4.75. The first-order valence-electron chi connectivity index (χ1n) is 4.67. The van der Waals surface area contributed by atoms with Gasteiger partial charge in [-0.05, 0) is 19.8 Å². The van der Waals surface area contributed by atoms with Crippen molar-refractivity contribution in [2.24, 2.45) is 0 Å². The van der Waals surface area contributed by atoms with E-state index in [0.717, 1.165) is 12.8 Å². The number of hydrogen-bond donors (Lipinski definition) is 0. The number of nitrogens with zero attached hydrogens (tertiary/aromatic N) is 2. The summed E-state index contributed by atoms with van der Waals surface area (Å²) in [4.78, 5) is 5.21. The fourth-order valence-corrected chi connectivity index (χ4v) is 2.46. The zero-order chi connectivity index (χ0) is 10.0.